The highest BCUT2D eigenvalue weighted by atomic mass is 35.5. The molecule has 4 aromatic carbocycles. The minimum absolute atomic E-state index is 0.280. The molecule has 1 aromatic heterocycles. The van der Waals surface area contributed by atoms with Crippen LogP contribution in [0.3, 0.4) is 0 Å². The van der Waals surface area contributed by atoms with Crippen LogP contribution in [0.2, 0.25) is 5.02 Å². The first-order valence-corrected chi connectivity index (χ1v) is 12.3. The van der Waals surface area contributed by atoms with E-state index >= 15 is 0 Å². The number of anilines is 1. The van der Waals surface area contributed by atoms with Crippen molar-refractivity contribution in [1.29, 1.82) is 0 Å². The summed E-state index contributed by atoms with van der Waals surface area (Å²) in [5.41, 5.74) is 3.27. The van der Waals surface area contributed by atoms with Gasteiger partial charge in [0.2, 0.25) is 0 Å². The second-order valence-corrected chi connectivity index (χ2v) is 9.31. The van der Waals surface area contributed by atoms with Crippen LogP contribution in [0.4, 0.5) is 5.69 Å². The fourth-order valence-electron chi connectivity index (χ4n) is 3.69. The zero-order valence-corrected chi connectivity index (χ0v) is 20.7. The van der Waals surface area contributed by atoms with Crippen LogP contribution in [0, 0.1) is 0 Å². The quantitative estimate of drug-likeness (QED) is 0.0960. The summed E-state index contributed by atoms with van der Waals surface area (Å²) in [5.74, 6) is -2.07. The van der Waals surface area contributed by atoms with E-state index in [1.54, 1.807) is 36.4 Å². The Kier molecular flexibility index (Phi) is 6.93. The van der Waals surface area contributed by atoms with E-state index in [0.717, 1.165) is 20.9 Å². The lowest BCUT2D eigenvalue weighted by molar-refractivity contribution is -0.136. The monoisotopic (exact) mass is 527 g/mol. The standard InChI is InChI=1S/C28H18ClN3O4S/c29-24-21-12-3-4-14-23(21)37-25(24)28(35)36-19-10-5-7-17(15-19)16-30-32-27(34)26(33)31-22-13-6-9-18-8-1-2-11-20(18)22/h1-16H,(H,31,33)(H,32,34). The Bertz CT molecular complexity index is 1690. The summed E-state index contributed by atoms with van der Waals surface area (Å²) in [7, 11) is 0. The van der Waals surface area contributed by atoms with Crippen molar-refractivity contribution < 1.29 is 19.1 Å². The smallest absolute Gasteiger partial charge is 0.355 e. The number of carbonyl (C=O) groups excluding carboxylic acids is 3. The molecule has 182 valence electrons. The molecule has 0 bridgehead atoms. The normalized spacial score (nSPS) is 11.1. The molecule has 7 nitrogen and oxygen atoms in total. The van der Waals surface area contributed by atoms with Crippen molar-refractivity contribution in [3.63, 3.8) is 0 Å². The van der Waals surface area contributed by atoms with Gasteiger partial charge < -0.3 is 10.1 Å². The number of fused-ring (bicyclic) bond motifs is 2. The maximum Gasteiger partial charge on any atom is 0.355 e. The Morgan fingerprint density at radius 2 is 1.57 bits per heavy atom. The largest absolute Gasteiger partial charge is 0.422 e. The zero-order valence-electron chi connectivity index (χ0n) is 19.1. The van der Waals surface area contributed by atoms with Gasteiger partial charge in [0.25, 0.3) is 0 Å². The summed E-state index contributed by atoms with van der Waals surface area (Å²) in [6.07, 6.45) is 1.34. The van der Waals surface area contributed by atoms with Gasteiger partial charge in [-0.3, -0.25) is 9.59 Å². The molecule has 0 saturated carbocycles. The number of halogens is 1. The first-order chi connectivity index (χ1) is 18.0. The first kappa shape index (κ1) is 24.2. The number of rotatable bonds is 5. The number of hydrazone groups is 1. The van der Waals surface area contributed by atoms with Crippen molar-refractivity contribution >= 4 is 73.5 Å². The number of nitrogens with zero attached hydrogens (tertiary/aromatic N) is 1. The van der Waals surface area contributed by atoms with Gasteiger partial charge in [0, 0.05) is 21.2 Å². The van der Waals surface area contributed by atoms with Gasteiger partial charge in [0.15, 0.2) is 0 Å². The van der Waals surface area contributed by atoms with Gasteiger partial charge in [-0.2, -0.15) is 5.10 Å². The summed E-state index contributed by atoms with van der Waals surface area (Å²) in [5, 5.41) is 9.35. The predicted molar refractivity (Wildman–Crippen MR) is 147 cm³/mol. The average Bonchev–Trinajstić information content (AvgIpc) is 3.25. The average molecular weight is 528 g/mol. The second-order valence-electron chi connectivity index (χ2n) is 7.88. The minimum atomic E-state index is -0.925. The van der Waals surface area contributed by atoms with Gasteiger partial charge in [-0.25, -0.2) is 10.2 Å². The molecule has 0 aliphatic heterocycles. The number of benzene rings is 4. The van der Waals surface area contributed by atoms with Crippen molar-refractivity contribution in [2.45, 2.75) is 0 Å². The summed E-state index contributed by atoms with van der Waals surface area (Å²) >= 11 is 7.63. The van der Waals surface area contributed by atoms with Gasteiger partial charge in [-0.05, 0) is 35.2 Å². The molecule has 2 amide bonds. The van der Waals surface area contributed by atoms with E-state index in [1.165, 1.54) is 17.6 Å². The molecule has 2 N–H and O–H groups in total. The molecule has 9 heteroatoms. The third-order valence-electron chi connectivity index (χ3n) is 5.41. The van der Waals surface area contributed by atoms with Gasteiger partial charge in [0.1, 0.15) is 10.6 Å². The Morgan fingerprint density at radius 1 is 0.838 bits per heavy atom. The van der Waals surface area contributed by atoms with Crippen molar-refractivity contribution in [3.05, 3.63) is 106 Å². The van der Waals surface area contributed by atoms with E-state index in [9.17, 15) is 14.4 Å². The number of amides is 2. The van der Waals surface area contributed by atoms with Gasteiger partial charge >= 0.3 is 17.8 Å². The van der Waals surface area contributed by atoms with E-state index in [0.29, 0.717) is 21.2 Å². The van der Waals surface area contributed by atoms with Crippen LogP contribution in [0.5, 0.6) is 5.75 Å². The summed E-state index contributed by atoms with van der Waals surface area (Å²) < 4.78 is 6.38. The molecule has 0 unspecified atom stereocenters. The van der Waals surface area contributed by atoms with Gasteiger partial charge in [-0.1, -0.05) is 78.3 Å². The van der Waals surface area contributed by atoms with E-state index in [-0.39, 0.29) is 5.75 Å². The minimum Gasteiger partial charge on any atom is -0.422 e. The molecule has 37 heavy (non-hydrogen) atoms. The van der Waals surface area contributed by atoms with Crippen molar-refractivity contribution in [3.8, 4) is 5.75 Å². The van der Waals surface area contributed by atoms with Crippen LogP contribution in [-0.2, 0) is 9.59 Å². The molecular weight excluding hydrogens is 510 g/mol. The molecule has 0 aliphatic carbocycles. The Hall–Kier alpha value is -4.53. The van der Waals surface area contributed by atoms with E-state index < -0.39 is 17.8 Å². The lowest BCUT2D eigenvalue weighted by atomic mass is 10.1. The van der Waals surface area contributed by atoms with Crippen LogP contribution in [0.25, 0.3) is 20.9 Å². The number of ether oxygens (including phenoxy) is 1. The maximum atomic E-state index is 12.7. The third-order valence-corrected chi connectivity index (χ3v) is 7.07. The van der Waals surface area contributed by atoms with E-state index in [4.69, 9.17) is 16.3 Å². The zero-order chi connectivity index (χ0) is 25.8. The van der Waals surface area contributed by atoms with Crippen LogP contribution < -0.4 is 15.5 Å². The number of hydrogen-bond acceptors (Lipinski definition) is 6. The highest BCUT2D eigenvalue weighted by Crippen LogP contribution is 2.35. The number of esters is 1. The highest BCUT2D eigenvalue weighted by Gasteiger charge is 2.19. The Balaban J connectivity index is 1.21. The van der Waals surface area contributed by atoms with Crippen molar-refractivity contribution in [1.82, 2.24) is 5.43 Å². The van der Waals surface area contributed by atoms with Crippen LogP contribution >= 0.6 is 22.9 Å². The third kappa shape index (κ3) is 5.35. The fraction of sp³-hybridized carbons (Fsp3) is 0. The lowest BCUT2D eigenvalue weighted by Crippen LogP contribution is -2.32. The Morgan fingerprint density at radius 3 is 2.41 bits per heavy atom. The van der Waals surface area contributed by atoms with E-state index in [2.05, 4.69) is 15.8 Å². The SMILES string of the molecule is O=C(NN=Cc1cccc(OC(=O)c2sc3ccccc3c2Cl)c1)C(=O)Nc1cccc2ccccc12. The first-order valence-electron chi connectivity index (χ1n) is 11.1. The molecule has 0 fully saturated rings. The van der Waals surface area contributed by atoms with Crippen molar-refractivity contribution in [2.75, 3.05) is 5.32 Å². The van der Waals surface area contributed by atoms with Crippen LogP contribution in [0.1, 0.15) is 15.2 Å². The van der Waals surface area contributed by atoms with Gasteiger partial charge in [-0.15, -0.1) is 11.3 Å². The highest BCUT2D eigenvalue weighted by molar-refractivity contribution is 7.21. The van der Waals surface area contributed by atoms with Crippen LogP contribution in [0.15, 0.2) is 96.1 Å². The molecule has 5 aromatic rings. The number of hydrogen-bond donors (Lipinski definition) is 2. The number of carbonyl (C=O) groups is 3. The van der Waals surface area contributed by atoms with E-state index in [1.807, 2.05) is 54.6 Å². The summed E-state index contributed by atoms with van der Waals surface area (Å²) in [4.78, 5) is 37.6. The second kappa shape index (κ2) is 10.6. The molecule has 0 radical (unpaired) electrons. The Labute approximate surface area is 220 Å². The maximum absolute atomic E-state index is 12.7. The molecule has 0 saturated heterocycles. The molecule has 0 atom stereocenters. The van der Waals surface area contributed by atoms with Crippen LogP contribution in [-0.4, -0.2) is 24.0 Å². The fourth-order valence-corrected chi connectivity index (χ4v) is 5.07. The topological polar surface area (TPSA) is 96.9 Å². The summed E-state index contributed by atoms with van der Waals surface area (Å²) in [6, 6.07) is 27.0. The molecule has 1 heterocycles. The van der Waals surface area contributed by atoms with Crippen molar-refractivity contribution in [2.24, 2.45) is 5.10 Å². The number of nitrogens with one attached hydrogen (secondary N) is 2. The molecule has 0 spiro atoms. The predicted octanol–water partition coefficient (Wildman–Crippen LogP) is 6.02. The lowest BCUT2D eigenvalue weighted by Gasteiger charge is -2.07. The molecule has 0 aliphatic rings. The molecular formula is C28H18ClN3O4S. The molecule has 5 rings (SSSR count). The van der Waals surface area contributed by atoms with Gasteiger partial charge in [0.05, 0.1) is 11.2 Å². The number of thiophene rings is 1. The summed E-state index contributed by atoms with van der Waals surface area (Å²) in [6.45, 7) is 0.